The van der Waals surface area contributed by atoms with Crippen molar-refractivity contribution in [1.29, 1.82) is 0 Å². The van der Waals surface area contributed by atoms with Gasteiger partial charge in [0.25, 0.3) is 0 Å². The lowest BCUT2D eigenvalue weighted by molar-refractivity contribution is 0.139. The molecule has 0 saturated carbocycles. The molecule has 114 valence electrons. The maximum atomic E-state index is 6.18. The summed E-state index contributed by atoms with van der Waals surface area (Å²) in [5, 5.41) is 0.738. The summed E-state index contributed by atoms with van der Waals surface area (Å²) in [5.74, 6) is 0.621. The highest BCUT2D eigenvalue weighted by atomic mass is 35.5. The molecule has 0 bridgehead atoms. The molecular weight excluding hydrogens is 284 g/mol. The summed E-state index contributed by atoms with van der Waals surface area (Å²) in [5.41, 5.74) is 7.26. The number of halogens is 1. The molecule has 3 rings (SSSR count). The third kappa shape index (κ3) is 2.62. The van der Waals surface area contributed by atoms with Gasteiger partial charge in [-0.25, -0.2) is 0 Å². The van der Waals surface area contributed by atoms with Crippen LogP contribution in [0.15, 0.2) is 29.3 Å². The van der Waals surface area contributed by atoms with Gasteiger partial charge < -0.3 is 15.5 Å². The lowest BCUT2D eigenvalue weighted by atomic mass is 9.85. The fourth-order valence-corrected chi connectivity index (χ4v) is 3.66. The molecule has 21 heavy (non-hydrogen) atoms. The van der Waals surface area contributed by atoms with E-state index in [1.54, 1.807) is 0 Å². The van der Waals surface area contributed by atoms with E-state index in [1.165, 1.54) is 0 Å². The molecule has 1 fully saturated rings. The predicted octanol–water partition coefficient (Wildman–Crippen LogP) is 2.72. The van der Waals surface area contributed by atoms with Crippen molar-refractivity contribution in [1.82, 2.24) is 4.90 Å². The first-order chi connectivity index (χ1) is 10.0. The van der Waals surface area contributed by atoms with E-state index in [0.29, 0.717) is 12.0 Å². The molecule has 2 N–H and O–H groups in total. The number of aliphatic imine (C=N–C) groups is 1. The first-order valence-electron chi connectivity index (χ1n) is 7.62. The van der Waals surface area contributed by atoms with Gasteiger partial charge in [-0.15, -0.1) is 0 Å². The fourth-order valence-electron chi connectivity index (χ4n) is 3.47. The number of nitrogens with zero attached hydrogens (tertiary/aromatic N) is 3. The molecule has 4 nitrogen and oxygen atoms in total. The average Bonchev–Trinajstić information content (AvgIpc) is 2.76. The number of likely N-dealkylation sites (tertiary alicyclic amines) is 1. The monoisotopic (exact) mass is 306 g/mol. The third-order valence-corrected chi connectivity index (χ3v) is 5.00. The van der Waals surface area contributed by atoms with Crippen molar-refractivity contribution in [3.63, 3.8) is 0 Å². The summed E-state index contributed by atoms with van der Waals surface area (Å²) in [7, 11) is 0. The van der Waals surface area contributed by atoms with E-state index in [-0.39, 0.29) is 5.54 Å². The van der Waals surface area contributed by atoms with Crippen LogP contribution in [0, 0.1) is 0 Å². The van der Waals surface area contributed by atoms with Crippen molar-refractivity contribution in [2.75, 3.05) is 24.5 Å². The van der Waals surface area contributed by atoms with Crippen LogP contribution in [-0.4, -0.2) is 42.1 Å². The summed E-state index contributed by atoms with van der Waals surface area (Å²) in [6.07, 6.45) is 2.17. The van der Waals surface area contributed by atoms with Gasteiger partial charge in [0.2, 0.25) is 0 Å². The van der Waals surface area contributed by atoms with E-state index in [9.17, 15) is 0 Å². The van der Waals surface area contributed by atoms with Gasteiger partial charge >= 0.3 is 0 Å². The minimum atomic E-state index is 0.0279. The van der Waals surface area contributed by atoms with Gasteiger partial charge in [0, 0.05) is 29.8 Å². The van der Waals surface area contributed by atoms with Crippen LogP contribution in [0.2, 0.25) is 5.02 Å². The molecule has 0 atom stereocenters. The summed E-state index contributed by atoms with van der Waals surface area (Å²) in [6.45, 7) is 7.49. The molecule has 1 aromatic carbocycles. The van der Waals surface area contributed by atoms with Gasteiger partial charge in [0.05, 0.1) is 12.1 Å². The highest BCUT2D eigenvalue weighted by Gasteiger charge is 2.45. The first kappa shape index (κ1) is 14.7. The maximum absolute atomic E-state index is 6.18. The molecule has 1 saturated heterocycles. The van der Waals surface area contributed by atoms with Gasteiger partial charge in [-0.2, -0.15) is 0 Å². The standard InChI is InChI=1S/C16H23ClN4/c1-12(2)20-8-6-16(7-9-20)11-19-15(18)21(16)14-5-3-4-13(17)10-14/h3-5,10,12H,6-9,11H2,1-2H3,(H2,18,19). The smallest absolute Gasteiger partial charge is 0.196 e. The van der Waals surface area contributed by atoms with Crippen molar-refractivity contribution in [2.45, 2.75) is 38.3 Å². The van der Waals surface area contributed by atoms with Crippen LogP contribution in [-0.2, 0) is 0 Å². The Morgan fingerprint density at radius 2 is 2.00 bits per heavy atom. The van der Waals surface area contributed by atoms with E-state index in [4.69, 9.17) is 17.3 Å². The van der Waals surface area contributed by atoms with Crippen LogP contribution in [0.25, 0.3) is 0 Å². The Morgan fingerprint density at radius 3 is 2.62 bits per heavy atom. The van der Waals surface area contributed by atoms with E-state index in [1.807, 2.05) is 18.2 Å². The zero-order chi connectivity index (χ0) is 15.0. The largest absolute Gasteiger partial charge is 0.369 e. The number of nitrogens with two attached hydrogens (primary N) is 1. The van der Waals surface area contributed by atoms with Gasteiger partial charge in [-0.05, 0) is 44.9 Å². The van der Waals surface area contributed by atoms with Crippen LogP contribution in [0.5, 0.6) is 0 Å². The number of rotatable bonds is 2. The van der Waals surface area contributed by atoms with Crippen molar-refractivity contribution in [3.8, 4) is 0 Å². The lowest BCUT2D eigenvalue weighted by Crippen LogP contribution is -2.58. The molecule has 0 amide bonds. The van der Waals surface area contributed by atoms with E-state index >= 15 is 0 Å². The Labute approximate surface area is 131 Å². The van der Waals surface area contributed by atoms with Crippen LogP contribution < -0.4 is 10.6 Å². The second kappa shape index (κ2) is 5.50. The van der Waals surface area contributed by atoms with Crippen molar-refractivity contribution < 1.29 is 0 Å². The van der Waals surface area contributed by atoms with Gasteiger partial charge in [-0.1, -0.05) is 17.7 Å². The Bertz CT molecular complexity index is 547. The number of benzene rings is 1. The molecular formula is C16H23ClN4. The average molecular weight is 307 g/mol. The Kier molecular flexibility index (Phi) is 3.84. The quantitative estimate of drug-likeness (QED) is 0.914. The minimum Gasteiger partial charge on any atom is -0.369 e. The zero-order valence-electron chi connectivity index (χ0n) is 12.7. The van der Waals surface area contributed by atoms with Crippen molar-refractivity contribution >= 4 is 23.2 Å². The molecule has 0 aromatic heterocycles. The molecule has 2 aliphatic rings. The Balaban J connectivity index is 1.86. The minimum absolute atomic E-state index is 0.0279. The number of hydrogen-bond acceptors (Lipinski definition) is 4. The zero-order valence-corrected chi connectivity index (χ0v) is 13.5. The van der Waals surface area contributed by atoms with Crippen LogP contribution in [0.4, 0.5) is 5.69 Å². The van der Waals surface area contributed by atoms with E-state index < -0.39 is 0 Å². The number of anilines is 1. The molecule has 2 heterocycles. The second-order valence-electron chi connectivity index (χ2n) is 6.34. The van der Waals surface area contributed by atoms with Gasteiger partial charge in [0.1, 0.15) is 0 Å². The lowest BCUT2D eigenvalue weighted by Gasteiger charge is -2.46. The molecule has 1 aromatic rings. The number of hydrogen-bond donors (Lipinski definition) is 1. The van der Waals surface area contributed by atoms with Crippen molar-refractivity contribution in [2.24, 2.45) is 10.7 Å². The summed E-state index contributed by atoms with van der Waals surface area (Å²) in [4.78, 5) is 9.26. The predicted molar refractivity (Wildman–Crippen MR) is 89.1 cm³/mol. The maximum Gasteiger partial charge on any atom is 0.196 e. The molecule has 1 spiro atoms. The summed E-state index contributed by atoms with van der Waals surface area (Å²) < 4.78 is 0. The first-order valence-corrected chi connectivity index (χ1v) is 7.99. The molecule has 0 unspecified atom stereocenters. The highest BCUT2D eigenvalue weighted by molar-refractivity contribution is 6.31. The normalized spacial score (nSPS) is 22.1. The van der Waals surface area contributed by atoms with Gasteiger partial charge in [0.15, 0.2) is 5.96 Å². The topological polar surface area (TPSA) is 44.9 Å². The van der Waals surface area contributed by atoms with Crippen LogP contribution in [0.3, 0.4) is 0 Å². The van der Waals surface area contributed by atoms with Crippen LogP contribution >= 0.6 is 11.6 Å². The third-order valence-electron chi connectivity index (χ3n) is 4.76. The molecule has 0 radical (unpaired) electrons. The fraction of sp³-hybridized carbons (Fsp3) is 0.562. The summed E-state index contributed by atoms with van der Waals surface area (Å²) in [6, 6.07) is 8.51. The second-order valence-corrected chi connectivity index (χ2v) is 6.78. The molecule has 0 aliphatic carbocycles. The van der Waals surface area contributed by atoms with Gasteiger partial charge in [-0.3, -0.25) is 4.99 Å². The Hall–Kier alpha value is -1.26. The number of guanidine groups is 1. The van der Waals surface area contributed by atoms with Crippen molar-refractivity contribution in [3.05, 3.63) is 29.3 Å². The van der Waals surface area contributed by atoms with E-state index in [0.717, 1.165) is 43.2 Å². The Morgan fingerprint density at radius 1 is 1.29 bits per heavy atom. The summed E-state index contributed by atoms with van der Waals surface area (Å²) >= 11 is 6.15. The molecule has 5 heteroatoms. The number of piperidine rings is 1. The SMILES string of the molecule is CC(C)N1CCC2(CC1)CN=C(N)N2c1cccc(Cl)c1. The highest BCUT2D eigenvalue weighted by Crippen LogP contribution is 2.37. The van der Waals surface area contributed by atoms with Crippen LogP contribution in [0.1, 0.15) is 26.7 Å². The molecule has 2 aliphatic heterocycles. The van der Waals surface area contributed by atoms with E-state index in [2.05, 4.69) is 34.7 Å².